The fourth-order valence-electron chi connectivity index (χ4n) is 2.59. The van der Waals surface area contributed by atoms with Crippen molar-refractivity contribution in [2.45, 2.75) is 51.5 Å². The zero-order chi connectivity index (χ0) is 13.9. The van der Waals surface area contributed by atoms with Crippen molar-refractivity contribution < 1.29 is 4.39 Å². The molecule has 0 aliphatic carbocycles. The van der Waals surface area contributed by atoms with Crippen LogP contribution in [0.25, 0.3) is 0 Å². The Kier molecular flexibility index (Phi) is 4.58. The van der Waals surface area contributed by atoms with Crippen LogP contribution in [0.1, 0.15) is 32.8 Å². The van der Waals surface area contributed by atoms with Crippen LogP contribution in [0.5, 0.6) is 0 Å². The second-order valence-electron chi connectivity index (χ2n) is 6.39. The van der Waals surface area contributed by atoms with Gasteiger partial charge in [-0.25, -0.2) is 4.39 Å². The highest BCUT2D eigenvalue weighted by Crippen LogP contribution is 2.22. The SMILES string of the molecule is CC(C)(C)N1CC[C@H](NCc2ccccc2)[C@H](F)C1. The van der Waals surface area contributed by atoms with Crippen molar-refractivity contribution in [3.8, 4) is 0 Å². The summed E-state index contributed by atoms with van der Waals surface area (Å²) < 4.78 is 14.2. The highest BCUT2D eigenvalue weighted by molar-refractivity contribution is 5.14. The van der Waals surface area contributed by atoms with Crippen LogP contribution in [0.15, 0.2) is 30.3 Å². The fraction of sp³-hybridized carbons (Fsp3) is 0.625. The summed E-state index contributed by atoms with van der Waals surface area (Å²) >= 11 is 0. The maximum Gasteiger partial charge on any atom is 0.128 e. The molecule has 0 bridgehead atoms. The number of likely N-dealkylation sites (tertiary alicyclic amines) is 1. The zero-order valence-corrected chi connectivity index (χ0v) is 12.2. The normalized spacial score (nSPS) is 25.5. The Bertz CT molecular complexity index is 385. The van der Waals surface area contributed by atoms with Gasteiger partial charge in [-0.3, -0.25) is 4.90 Å². The van der Waals surface area contributed by atoms with Gasteiger partial charge in [-0.2, -0.15) is 0 Å². The van der Waals surface area contributed by atoms with Crippen LogP contribution in [0.3, 0.4) is 0 Å². The number of hydrogen-bond donors (Lipinski definition) is 1. The van der Waals surface area contributed by atoms with Gasteiger partial charge in [-0.1, -0.05) is 30.3 Å². The van der Waals surface area contributed by atoms with E-state index in [1.165, 1.54) is 5.56 Å². The first kappa shape index (κ1) is 14.5. The average Bonchev–Trinajstić information content (AvgIpc) is 2.37. The maximum atomic E-state index is 14.2. The van der Waals surface area contributed by atoms with E-state index in [0.717, 1.165) is 19.5 Å². The largest absolute Gasteiger partial charge is 0.307 e. The fourth-order valence-corrected chi connectivity index (χ4v) is 2.59. The first-order chi connectivity index (χ1) is 8.97. The molecule has 2 nitrogen and oxygen atoms in total. The van der Waals surface area contributed by atoms with E-state index in [4.69, 9.17) is 0 Å². The molecule has 0 spiro atoms. The molecule has 1 fully saturated rings. The number of alkyl halides is 1. The monoisotopic (exact) mass is 264 g/mol. The average molecular weight is 264 g/mol. The lowest BCUT2D eigenvalue weighted by Gasteiger charge is -2.42. The number of rotatable bonds is 3. The van der Waals surface area contributed by atoms with Crippen molar-refractivity contribution in [1.82, 2.24) is 10.2 Å². The van der Waals surface area contributed by atoms with E-state index in [0.29, 0.717) is 6.54 Å². The van der Waals surface area contributed by atoms with Gasteiger partial charge in [-0.15, -0.1) is 0 Å². The van der Waals surface area contributed by atoms with E-state index < -0.39 is 6.17 Å². The summed E-state index contributed by atoms with van der Waals surface area (Å²) in [5.74, 6) is 0. The van der Waals surface area contributed by atoms with Crippen LogP contribution in [0.2, 0.25) is 0 Å². The molecule has 0 saturated carbocycles. The Labute approximate surface area is 116 Å². The molecular weight excluding hydrogens is 239 g/mol. The van der Waals surface area contributed by atoms with Crippen molar-refractivity contribution in [2.24, 2.45) is 0 Å². The van der Waals surface area contributed by atoms with Crippen LogP contribution in [-0.2, 0) is 6.54 Å². The molecule has 2 atom stereocenters. The lowest BCUT2D eigenvalue weighted by molar-refractivity contribution is 0.0414. The van der Waals surface area contributed by atoms with Gasteiger partial charge in [0.05, 0.1) is 0 Å². The third kappa shape index (κ3) is 4.02. The first-order valence-corrected chi connectivity index (χ1v) is 7.13. The van der Waals surface area contributed by atoms with E-state index in [9.17, 15) is 4.39 Å². The molecule has 2 rings (SSSR count). The van der Waals surface area contributed by atoms with Gasteiger partial charge in [-0.05, 0) is 32.8 Å². The third-order valence-corrected chi connectivity index (χ3v) is 3.90. The number of hydrogen-bond acceptors (Lipinski definition) is 2. The third-order valence-electron chi connectivity index (χ3n) is 3.90. The van der Waals surface area contributed by atoms with Crippen molar-refractivity contribution in [3.05, 3.63) is 35.9 Å². The van der Waals surface area contributed by atoms with E-state index in [1.807, 2.05) is 18.2 Å². The van der Waals surface area contributed by atoms with Crippen LogP contribution < -0.4 is 5.32 Å². The molecular formula is C16H25FN2. The minimum atomic E-state index is -0.781. The first-order valence-electron chi connectivity index (χ1n) is 7.13. The highest BCUT2D eigenvalue weighted by atomic mass is 19.1. The van der Waals surface area contributed by atoms with Crippen LogP contribution in [0.4, 0.5) is 4.39 Å². The molecule has 1 aliphatic heterocycles. The lowest BCUT2D eigenvalue weighted by Crippen LogP contribution is -2.55. The number of benzene rings is 1. The molecule has 0 aromatic heterocycles. The van der Waals surface area contributed by atoms with Crippen molar-refractivity contribution >= 4 is 0 Å². The van der Waals surface area contributed by atoms with E-state index in [1.54, 1.807) is 0 Å². The Morgan fingerprint density at radius 1 is 1.26 bits per heavy atom. The number of nitrogens with zero attached hydrogens (tertiary/aromatic N) is 1. The van der Waals surface area contributed by atoms with Crippen molar-refractivity contribution in [3.63, 3.8) is 0 Å². The number of halogens is 1. The Morgan fingerprint density at radius 3 is 2.53 bits per heavy atom. The van der Waals surface area contributed by atoms with Crippen LogP contribution in [-0.4, -0.2) is 35.7 Å². The second-order valence-corrected chi connectivity index (χ2v) is 6.39. The minimum Gasteiger partial charge on any atom is -0.307 e. The van der Waals surface area contributed by atoms with Gasteiger partial charge in [0.2, 0.25) is 0 Å². The molecule has 1 aromatic carbocycles. The molecule has 1 saturated heterocycles. The van der Waals surface area contributed by atoms with Gasteiger partial charge in [0.1, 0.15) is 6.17 Å². The number of piperidine rings is 1. The van der Waals surface area contributed by atoms with Crippen molar-refractivity contribution in [1.29, 1.82) is 0 Å². The Morgan fingerprint density at radius 2 is 1.95 bits per heavy atom. The van der Waals surface area contributed by atoms with Crippen molar-refractivity contribution in [2.75, 3.05) is 13.1 Å². The van der Waals surface area contributed by atoms with Gasteiger partial charge in [0.15, 0.2) is 0 Å². The summed E-state index contributed by atoms with van der Waals surface area (Å²) in [6.45, 7) is 8.71. The maximum absolute atomic E-state index is 14.2. The van der Waals surface area contributed by atoms with E-state index in [2.05, 4.69) is 43.1 Å². The Hall–Kier alpha value is -0.930. The quantitative estimate of drug-likeness (QED) is 0.903. The molecule has 0 radical (unpaired) electrons. The molecule has 1 aromatic rings. The summed E-state index contributed by atoms with van der Waals surface area (Å²) in [4.78, 5) is 2.23. The van der Waals surface area contributed by atoms with Gasteiger partial charge in [0.25, 0.3) is 0 Å². The minimum absolute atomic E-state index is 0.0150. The highest BCUT2D eigenvalue weighted by Gasteiger charge is 2.33. The molecule has 1 N–H and O–H groups in total. The van der Waals surface area contributed by atoms with E-state index in [-0.39, 0.29) is 11.6 Å². The summed E-state index contributed by atoms with van der Waals surface area (Å²) in [5, 5.41) is 3.36. The predicted octanol–water partition coefficient (Wildman–Crippen LogP) is 2.99. The smallest absolute Gasteiger partial charge is 0.128 e. The van der Waals surface area contributed by atoms with Crippen LogP contribution >= 0.6 is 0 Å². The molecule has 1 heterocycles. The standard InChI is InChI=1S/C16H25FN2/c1-16(2,3)19-10-9-15(14(17)12-19)18-11-13-7-5-4-6-8-13/h4-8,14-15,18H,9-12H2,1-3H3/t14-,15+/m1/s1. The second kappa shape index (κ2) is 6.02. The van der Waals surface area contributed by atoms with Gasteiger partial charge >= 0.3 is 0 Å². The molecule has 106 valence electrons. The molecule has 0 unspecified atom stereocenters. The molecule has 0 amide bonds. The topological polar surface area (TPSA) is 15.3 Å². The zero-order valence-electron chi connectivity index (χ0n) is 12.2. The summed E-state index contributed by atoms with van der Waals surface area (Å²) in [6, 6.07) is 10.2. The van der Waals surface area contributed by atoms with Gasteiger partial charge < -0.3 is 5.32 Å². The van der Waals surface area contributed by atoms with Crippen LogP contribution in [0, 0.1) is 0 Å². The van der Waals surface area contributed by atoms with Gasteiger partial charge in [0, 0.05) is 31.2 Å². The molecule has 3 heteroatoms. The number of nitrogens with one attached hydrogen (secondary N) is 1. The predicted molar refractivity (Wildman–Crippen MR) is 77.9 cm³/mol. The molecule has 1 aliphatic rings. The summed E-state index contributed by atoms with van der Waals surface area (Å²) in [6.07, 6.45) is 0.0994. The van der Waals surface area contributed by atoms with E-state index >= 15 is 0 Å². The summed E-state index contributed by atoms with van der Waals surface area (Å²) in [7, 11) is 0. The summed E-state index contributed by atoms with van der Waals surface area (Å²) in [5.41, 5.74) is 1.28. The lowest BCUT2D eigenvalue weighted by atomic mass is 9.96. The molecule has 19 heavy (non-hydrogen) atoms. The Balaban J connectivity index is 1.84.